The largest absolute Gasteiger partial charge is 0.381 e. The number of likely N-dealkylation sites (N-methyl/N-ethyl adjacent to an activating group) is 1. The number of rotatable bonds is 2. The highest BCUT2D eigenvalue weighted by Crippen LogP contribution is 2.62. The quantitative estimate of drug-likeness (QED) is 0.754. The van der Waals surface area contributed by atoms with Gasteiger partial charge in [0.1, 0.15) is 5.84 Å². The molecule has 1 aromatic rings. The molecular formula is C24H31N3O3. The fraction of sp³-hybridized carbons (Fsp3) is 0.625. The van der Waals surface area contributed by atoms with E-state index >= 15 is 0 Å². The molecule has 0 bridgehead atoms. The Balaban J connectivity index is 1.61. The van der Waals surface area contributed by atoms with Crippen LogP contribution < -0.4 is 0 Å². The Hall–Kier alpha value is -2.21. The predicted octanol–water partition coefficient (Wildman–Crippen LogP) is 3.14. The van der Waals surface area contributed by atoms with Gasteiger partial charge in [-0.05, 0) is 75.1 Å². The first kappa shape index (κ1) is 19.7. The summed E-state index contributed by atoms with van der Waals surface area (Å²) >= 11 is 0. The molecule has 160 valence electrons. The third-order valence-corrected chi connectivity index (χ3v) is 8.09. The average Bonchev–Trinajstić information content (AvgIpc) is 3.44. The van der Waals surface area contributed by atoms with Gasteiger partial charge in [0, 0.05) is 38.2 Å². The van der Waals surface area contributed by atoms with Gasteiger partial charge in [-0.15, -0.1) is 0 Å². The van der Waals surface area contributed by atoms with Crippen molar-refractivity contribution >= 4 is 17.6 Å². The van der Waals surface area contributed by atoms with Crippen molar-refractivity contribution in [3.05, 3.63) is 34.9 Å². The standard InChI is InChI=1S/C24H31N3O3/c1-16-25-24(22(29)26(16)2)20-14-17(21(28)27-12-4-5-13-27)6-7-18(20)15-23(24)10-8-19(30-3)9-11-23/h6-7,14,19H,4-5,8-13,15H2,1-3H3. The van der Waals surface area contributed by atoms with Gasteiger partial charge in [-0.1, -0.05) is 6.07 Å². The first-order valence-electron chi connectivity index (χ1n) is 11.2. The molecule has 2 spiro atoms. The molecular weight excluding hydrogens is 378 g/mol. The van der Waals surface area contributed by atoms with Gasteiger partial charge in [0.25, 0.3) is 11.8 Å². The Morgan fingerprint density at radius 3 is 2.50 bits per heavy atom. The number of hydrogen-bond acceptors (Lipinski definition) is 4. The van der Waals surface area contributed by atoms with Crippen molar-refractivity contribution in [3.63, 3.8) is 0 Å². The third kappa shape index (κ3) is 2.55. The number of carbonyl (C=O) groups excluding carboxylic acids is 2. The van der Waals surface area contributed by atoms with Gasteiger partial charge in [-0.3, -0.25) is 14.6 Å². The summed E-state index contributed by atoms with van der Waals surface area (Å²) in [5, 5.41) is 0. The number of hydrogen-bond donors (Lipinski definition) is 0. The number of amidine groups is 1. The molecule has 1 unspecified atom stereocenters. The van der Waals surface area contributed by atoms with Crippen LogP contribution in [0.1, 0.15) is 66.9 Å². The number of methoxy groups -OCH3 is 1. The summed E-state index contributed by atoms with van der Waals surface area (Å²) in [7, 11) is 3.59. The van der Waals surface area contributed by atoms with E-state index < -0.39 is 5.54 Å². The molecule has 0 aromatic heterocycles. The van der Waals surface area contributed by atoms with Gasteiger partial charge < -0.3 is 14.5 Å². The zero-order valence-electron chi connectivity index (χ0n) is 18.2. The molecule has 1 aromatic carbocycles. The summed E-state index contributed by atoms with van der Waals surface area (Å²) in [5.41, 5.74) is 1.68. The van der Waals surface area contributed by atoms with E-state index in [2.05, 4.69) is 6.07 Å². The van der Waals surface area contributed by atoms with Gasteiger partial charge in [0.2, 0.25) is 0 Å². The summed E-state index contributed by atoms with van der Waals surface area (Å²) in [6.07, 6.45) is 6.93. The van der Waals surface area contributed by atoms with Crippen LogP contribution in [0.3, 0.4) is 0 Å². The van der Waals surface area contributed by atoms with Crippen molar-refractivity contribution < 1.29 is 14.3 Å². The maximum atomic E-state index is 13.7. The summed E-state index contributed by atoms with van der Waals surface area (Å²) in [4.78, 5) is 35.5. The molecule has 2 aliphatic carbocycles. The molecule has 2 heterocycles. The van der Waals surface area contributed by atoms with Crippen LogP contribution in [0.5, 0.6) is 0 Å². The van der Waals surface area contributed by atoms with Gasteiger partial charge >= 0.3 is 0 Å². The monoisotopic (exact) mass is 409 g/mol. The highest BCUT2D eigenvalue weighted by atomic mass is 16.5. The fourth-order valence-electron chi connectivity index (χ4n) is 6.28. The van der Waals surface area contributed by atoms with Crippen LogP contribution in [0, 0.1) is 5.41 Å². The van der Waals surface area contributed by atoms with Crippen molar-refractivity contribution in [2.24, 2.45) is 10.4 Å². The van der Waals surface area contributed by atoms with Crippen LogP contribution in [-0.4, -0.2) is 60.8 Å². The predicted molar refractivity (Wildman–Crippen MR) is 115 cm³/mol. The number of fused-ring (bicyclic) bond motifs is 3. The Labute approximate surface area is 178 Å². The van der Waals surface area contributed by atoms with Crippen molar-refractivity contribution in [1.29, 1.82) is 0 Å². The Bertz CT molecular complexity index is 926. The zero-order valence-corrected chi connectivity index (χ0v) is 18.2. The molecule has 30 heavy (non-hydrogen) atoms. The molecule has 1 saturated carbocycles. The van der Waals surface area contributed by atoms with Crippen LogP contribution >= 0.6 is 0 Å². The summed E-state index contributed by atoms with van der Waals surface area (Å²) in [6, 6.07) is 6.02. The van der Waals surface area contributed by atoms with E-state index in [1.54, 1.807) is 12.0 Å². The summed E-state index contributed by atoms with van der Waals surface area (Å²) in [5.74, 6) is 0.895. The van der Waals surface area contributed by atoms with Crippen molar-refractivity contribution in [3.8, 4) is 0 Å². The van der Waals surface area contributed by atoms with E-state index in [0.717, 1.165) is 69.4 Å². The number of benzene rings is 1. The van der Waals surface area contributed by atoms with Crippen LogP contribution in [0.25, 0.3) is 0 Å². The maximum absolute atomic E-state index is 13.7. The maximum Gasteiger partial charge on any atom is 0.260 e. The summed E-state index contributed by atoms with van der Waals surface area (Å²) in [6.45, 7) is 3.56. The number of ether oxygens (including phenoxy) is 1. The van der Waals surface area contributed by atoms with Gasteiger partial charge in [-0.25, -0.2) is 0 Å². The molecule has 2 amide bonds. The molecule has 0 N–H and O–H groups in total. The lowest BCUT2D eigenvalue weighted by atomic mass is 9.61. The molecule has 0 radical (unpaired) electrons. The fourth-order valence-corrected chi connectivity index (χ4v) is 6.28. The number of aliphatic imine (C=N–C) groups is 1. The minimum Gasteiger partial charge on any atom is -0.381 e. The zero-order chi connectivity index (χ0) is 21.1. The van der Waals surface area contributed by atoms with E-state index in [0.29, 0.717) is 5.56 Å². The van der Waals surface area contributed by atoms with Crippen LogP contribution in [0.4, 0.5) is 0 Å². The van der Waals surface area contributed by atoms with E-state index in [1.165, 1.54) is 5.56 Å². The van der Waals surface area contributed by atoms with E-state index in [1.807, 2.05) is 31.0 Å². The average molecular weight is 410 g/mol. The third-order valence-electron chi connectivity index (χ3n) is 8.09. The van der Waals surface area contributed by atoms with E-state index in [4.69, 9.17) is 9.73 Å². The molecule has 5 rings (SSSR count). The van der Waals surface area contributed by atoms with Crippen LogP contribution in [0.2, 0.25) is 0 Å². The minimum absolute atomic E-state index is 0.0559. The van der Waals surface area contributed by atoms with Gasteiger partial charge in [0.15, 0.2) is 5.54 Å². The molecule has 6 nitrogen and oxygen atoms in total. The topological polar surface area (TPSA) is 62.2 Å². The van der Waals surface area contributed by atoms with Crippen LogP contribution in [-0.2, 0) is 21.5 Å². The highest BCUT2D eigenvalue weighted by molar-refractivity contribution is 6.09. The molecule has 1 saturated heterocycles. The first-order valence-corrected chi connectivity index (χ1v) is 11.2. The molecule has 2 fully saturated rings. The first-order chi connectivity index (χ1) is 14.4. The lowest BCUT2D eigenvalue weighted by Crippen LogP contribution is -2.51. The second-order valence-corrected chi connectivity index (χ2v) is 9.50. The van der Waals surface area contributed by atoms with Gasteiger partial charge in [-0.2, -0.15) is 0 Å². The lowest BCUT2D eigenvalue weighted by Gasteiger charge is -2.45. The Kier molecular flexibility index (Phi) is 4.54. The second kappa shape index (κ2) is 6.91. The summed E-state index contributed by atoms with van der Waals surface area (Å²) < 4.78 is 5.62. The lowest BCUT2D eigenvalue weighted by molar-refractivity contribution is -0.137. The second-order valence-electron chi connectivity index (χ2n) is 9.50. The molecule has 1 atom stereocenters. The van der Waals surface area contributed by atoms with Crippen molar-refractivity contribution in [2.75, 3.05) is 27.2 Å². The number of nitrogens with zero attached hydrogens (tertiary/aromatic N) is 3. The van der Waals surface area contributed by atoms with E-state index in [-0.39, 0.29) is 23.3 Å². The number of amides is 2. The number of carbonyl (C=O) groups is 2. The van der Waals surface area contributed by atoms with Crippen LogP contribution in [0.15, 0.2) is 23.2 Å². The Morgan fingerprint density at radius 1 is 1.20 bits per heavy atom. The minimum atomic E-state index is -0.902. The Morgan fingerprint density at radius 2 is 1.90 bits per heavy atom. The van der Waals surface area contributed by atoms with Crippen molar-refractivity contribution in [2.45, 2.75) is 63.5 Å². The number of likely N-dealkylation sites (tertiary alicyclic amines) is 1. The van der Waals surface area contributed by atoms with Gasteiger partial charge in [0.05, 0.1) is 6.10 Å². The smallest absolute Gasteiger partial charge is 0.260 e. The normalized spacial score (nSPS) is 33.0. The highest BCUT2D eigenvalue weighted by Gasteiger charge is 2.66. The SMILES string of the molecule is COC1CCC2(CC1)Cc1ccc(C(=O)N3CCCC3)cc1C21N=C(C)N(C)C1=O. The molecule has 2 aliphatic heterocycles. The van der Waals surface area contributed by atoms with Crippen molar-refractivity contribution in [1.82, 2.24) is 9.80 Å². The van der Waals surface area contributed by atoms with E-state index in [9.17, 15) is 9.59 Å². The molecule has 6 heteroatoms. The molecule has 4 aliphatic rings.